The molecular formula is C30H24N2O6S. The Bertz CT molecular complexity index is 1760. The van der Waals surface area contributed by atoms with E-state index in [1.165, 1.54) is 24.3 Å². The Balaban J connectivity index is 1.62. The first-order valence-electron chi connectivity index (χ1n) is 12.2. The number of aryl methyl sites for hydroxylation is 2. The lowest BCUT2D eigenvalue weighted by Gasteiger charge is -2.26. The highest BCUT2D eigenvalue weighted by Crippen LogP contribution is 2.33. The fraction of sp³-hybridized carbons (Fsp3) is 0.100. The fourth-order valence-corrected chi connectivity index (χ4v) is 5.23. The van der Waals surface area contributed by atoms with Crippen LogP contribution in [0.1, 0.15) is 23.6 Å². The van der Waals surface area contributed by atoms with Crippen LogP contribution in [-0.2, 0) is 26.1 Å². The summed E-state index contributed by atoms with van der Waals surface area (Å²) in [6, 6.07) is 22.4. The third-order valence-corrected chi connectivity index (χ3v) is 7.68. The molecule has 1 fully saturated rings. The minimum absolute atomic E-state index is 0.0429. The van der Waals surface area contributed by atoms with E-state index >= 15 is 0 Å². The van der Waals surface area contributed by atoms with Gasteiger partial charge in [0.25, 0.3) is 11.8 Å². The van der Waals surface area contributed by atoms with Gasteiger partial charge >= 0.3 is 16.1 Å². The number of nitrogens with one attached hydrogen (secondary N) is 1. The van der Waals surface area contributed by atoms with E-state index in [0.29, 0.717) is 11.1 Å². The number of nitrogens with zero attached hydrogens (tertiary/aromatic N) is 1. The average molecular weight is 541 g/mol. The molecule has 1 aliphatic rings. The van der Waals surface area contributed by atoms with Gasteiger partial charge in [-0.05, 0) is 66.1 Å². The Hall–Kier alpha value is -4.76. The molecule has 0 aromatic heterocycles. The van der Waals surface area contributed by atoms with Crippen LogP contribution in [0.5, 0.6) is 5.75 Å². The van der Waals surface area contributed by atoms with Gasteiger partial charge in [-0.25, -0.2) is 9.69 Å². The second kappa shape index (κ2) is 10.2. The van der Waals surface area contributed by atoms with Crippen molar-refractivity contribution in [2.24, 2.45) is 0 Å². The maximum absolute atomic E-state index is 13.5. The summed E-state index contributed by atoms with van der Waals surface area (Å²) in [5.74, 6) is -1.81. The molecule has 39 heavy (non-hydrogen) atoms. The van der Waals surface area contributed by atoms with E-state index in [0.717, 1.165) is 27.8 Å². The minimum Gasteiger partial charge on any atom is -0.378 e. The summed E-state index contributed by atoms with van der Waals surface area (Å²) in [6.07, 6.45) is 2.04. The molecular weight excluding hydrogens is 516 g/mol. The van der Waals surface area contributed by atoms with E-state index < -0.39 is 28.0 Å². The first kappa shape index (κ1) is 25.9. The summed E-state index contributed by atoms with van der Waals surface area (Å²) in [5.41, 5.74) is 2.06. The van der Waals surface area contributed by atoms with Crippen molar-refractivity contribution in [1.82, 2.24) is 5.32 Å². The molecule has 1 N–H and O–H groups in total. The summed E-state index contributed by atoms with van der Waals surface area (Å²) in [6.45, 7) is 3.82. The molecule has 5 rings (SSSR count). The Kier molecular flexibility index (Phi) is 6.76. The molecule has 4 amide bonds. The van der Waals surface area contributed by atoms with Crippen LogP contribution >= 0.6 is 0 Å². The number of carbonyl (C=O) groups is 3. The predicted molar refractivity (Wildman–Crippen MR) is 148 cm³/mol. The summed E-state index contributed by atoms with van der Waals surface area (Å²) in [7, 11) is -4.24. The maximum atomic E-state index is 13.5. The minimum atomic E-state index is -4.24. The van der Waals surface area contributed by atoms with Crippen LogP contribution in [0.25, 0.3) is 16.8 Å². The van der Waals surface area contributed by atoms with Gasteiger partial charge in [-0.1, -0.05) is 67.1 Å². The van der Waals surface area contributed by atoms with Crippen molar-refractivity contribution >= 4 is 50.5 Å². The molecule has 0 unspecified atom stereocenters. The van der Waals surface area contributed by atoms with Crippen molar-refractivity contribution in [1.29, 1.82) is 0 Å². The monoisotopic (exact) mass is 540 g/mol. The molecule has 1 heterocycles. The van der Waals surface area contributed by atoms with Gasteiger partial charge in [0.2, 0.25) is 0 Å². The van der Waals surface area contributed by atoms with Crippen molar-refractivity contribution in [2.45, 2.75) is 25.2 Å². The van der Waals surface area contributed by atoms with Crippen molar-refractivity contribution < 1.29 is 27.0 Å². The number of hydrogen-bond donors (Lipinski definition) is 1. The smallest absolute Gasteiger partial charge is 0.339 e. The number of rotatable bonds is 6. The number of urea groups is 1. The molecule has 0 spiro atoms. The first-order chi connectivity index (χ1) is 18.7. The topological polar surface area (TPSA) is 110 Å². The molecule has 0 bridgehead atoms. The van der Waals surface area contributed by atoms with Gasteiger partial charge in [0, 0.05) is 5.56 Å². The molecule has 1 aliphatic heterocycles. The molecule has 0 saturated carbocycles. The van der Waals surface area contributed by atoms with Crippen LogP contribution in [-0.4, -0.2) is 26.3 Å². The van der Waals surface area contributed by atoms with Crippen LogP contribution in [0.4, 0.5) is 10.5 Å². The molecule has 9 heteroatoms. The lowest BCUT2D eigenvalue weighted by molar-refractivity contribution is -0.122. The molecule has 1 saturated heterocycles. The van der Waals surface area contributed by atoms with E-state index in [-0.39, 0.29) is 21.8 Å². The van der Waals surface area contributed by atoms with E-state index in [1.807, 2.05) is 26.0 Å². The highest BCUT2D eigenvalue weighted by Gasteiger charge is 2.37. The second-order valence-electron chi connectivity index (χ2n) is 9.03. The van der Waals surface area contributed by atoms with Gasteiger partial charge in [0.05, 0.1) is 5.69 Å². The predicted octanol–water partition coefficient (Wildman–Crippen LogP) is 5.14. The fourth-order valence-electron chi connectivity index (χ4n) is 4.29. The highest BCUT2D eigenvalue weighted by molar-refractivity contribution is 7.87. The number of carbonyl (C=O) groups excluding carboxylic acids is 3. The quantitative estimate of drug-likeness (QED) is 0.206. The normalized spacial score (nSPS) is 15.1. The maximum Gasteiger partial charge on any atom is 0.339 e. The van der Waals surface area contributed by atoms with Crippen molar-refractivity contribution in [3.63, 3.8) is 0 Å². The van der Waals surface area contributed by atoms with E-state index in [9.17, 15) is 22.8 Å². The standard InChI is InChI=1S/C30H24N2O6S/c1-3-20-10-13-22(14-11-20)32-29(34)26(28(33)31-30(32)35)18-25-24-7-5-4-6-21(24)12-17-27(25)38-39(36,37)23-15-8-19(2)9-16-23/h4-18H,3H2,1-2H3,(H,31,33,35)/b26-18+. The second-order valence-corrected chi connectivity index (χ2v) is 10.6. The van der Waals surface area contributed by atoms with Crippen LogP contribution in [0, 0.1) is 6.92 Å². The number of barbiturate groups is 1. The Labute approximate surface area is 225 Å². The van der Waals surface area contributed by atoms with Gasteiger partial charge in [0.1, 0.15) is 10.5 Å². The van der Waals surface area contributed by atoms with Crippen LogP contribution in [0.15, 0.2) is 95.4 Å². The Morgan fingerprint density at radius 2 is 1.56 bits per heavy atom. The number of amides is 4. The number of benzene rings is 4. The molecule has 8 nitrogen and oxygen atoms in total. The zero-order valence-corrected chi connectivity index (χ0v) is 22.0. The summed E-state index contributed by atoms with van der Waals surface area (Å²) < 4.78 is 31.8. The van der Waals surface area contributed by atoms with Crippen molar-refractivity contribution in [3.05, 3.63) is 107 Å². The molecule has 196 valence electrons. The van der Waals surface area contributed by atoms with Gasteiger partial charge in [-0.2, -0.15) is 8.42 Å². The number of fused-ring (bicyclic) bond motifs is 1. The molecule has 4 aromatic rings. The summed E-state index contributed by atoms with van der Waals surface area (Å²) in [5, 5.41) is 3.49. The summed E-state index contributed by atoms with van der Waals surface area (Å²) >= 11 is 0. The SMILES string of the molecule is CCc1ccc(N2C(=O)NC(=O)/C(=C\c3c(OS(=O)(=O)c4ccc(C)cc4)ccc4ccccc34)C2=O)cc1. The zero-order valence-electron chi connectivity index (χ0n) is 21.2. The molecule has 0 radical (unpaired) electrons. The van der Waals surface area contributed by atoms with Gasteiger partial charge in [0.15, 0.2) is 5.75 Å². The number of imide groups is 2. The highest BCUT2D eigenvalue weighted by atomic mass is 32.2. The van der Waals surface area contributed by atoms with Gasteiger partial charge < -0.3 is 4.18 Å². The largest absolute Gasteiger partial charge is 0.378 e. The third kappa shape index (κ3) is 5.04. The third-order valence-electron chi connectivity index (χ3n) is 6.43. The average Bonchev–Trinajstić information content (AvgIpc) is 2.92. The lowest BCUT2D eigenvalue weighted by atomic mass is 9.99. The number of hydrogen-bond acceptors (Lipinski definition) is 6. The van der Waals surface area contributed by atoms with Crippen LogP contribution in [0.2, 0.25) is 0 Å². The van der Waals surface area contributed by atoms with Crippen molar-refractivity contribution in [2.75, 3.05) is 4.90 Å². The first-order valence-corrected chi connectivity index (χ1v) is 13.6. The van der Waals surface area contributed by atoms with E-state index in [4.69, 9.17) is 4.18 Å². The lowest BCUT2D eigenvalue weighted by Crippen LogP contribution is -2.54. The zero-order chi connectivity index (χ0) is 27.7. The molecule has 0 aliphatic carbocycles. The van der Waals surface area contributed by atoms with Crippen molar-refractivity contribution in [3.8, 4) is 5.75 Å². The van der Waals surface area contributed by atoms with Gasteiger partial charge in [-0.15, -0.1) is 0 Å². The number of anilines is 1. The Morgan fingerprint density at radius 1 is 0.872 bits per heavy atom. The van der Waals surface area contributed by atoms with Crippen LogP contribution < -0.4 is 14.4 Å². The van der Waals surface area contributed by atoms with E-state index in [1.54, 1.807) is 54.6 Å². The van der Waals surface area contributed by atoms with Gasteiger partial charge in [-0.3, -0.25) is 14.9 Å². The summed E-state index contributed by atoms with van der Waals surface area (Å²) in [4.78, 5) is 39.9. The molecule has 4 aromatic carbocycles. The Morgan fingerprint density at radius 3 is 2.26 bits per heavy atom. The molecule has 0 atom stereocenters. The van der Waals surface area contributed by atoms with Crippen LogP contribution in [0.3, 0.4) is 0 Å². The van der Waals surface area contributed by atoms with E-state index in [2.05, 4.69) is 5.32 Å².